The highest BCUT2D eigenvalue weighted by Crippen LogP contribution is 2.29. The summed E-state index contributed by atoms with van der Waals surface area (Å²) in [5, 5.41) is 2.47. The first-order chi connectivity index (χ1) is 15.3. The smallest absolute Gasteiger partial charge is 0.276 e. The largest absolute Gasteiger partial charge is 0.488 e. The summed E-state index contributed by atoms with van der Waals surface area (Å²) in [6, 6.07) is 2.94. The fourth-order valence-electron chi connectivity index (χ4n) is 4.02. The Morgan fingerprint density at radius 3 is 2.81 bits per heavy atom. The summed E-state index contributed by atoms with van der Waals surface area (Å²) < 4.78 is 39.7. The summed E-state index contributed by atoms with van der Waals surface area (Å²) in [5.41, 5.74) is -0.831. The monoisotopic (exact) mass is 447 g/mol. The summed E-state index contributed by atoms with van der Waals surface area (Å²) in [7, 11) is 0. The number of carbonyl (C=O) groups is 2. The van der Waals surface area contributed by atoms with Crippen LogP contribution in [0.4, 0.5) is 8.78 Å². The number of rotatable bonds is 5. The third kappa shape index (κ3) is 3.86. The van der Waals surface area contributed by atoms with Gasteiger partial charge >= 0.3 is 0 Å². The van der Waals surface area contributed by atoms with Gasteiger partial charge < -0.3 is 24.3 Å². The molecule has 4 rings (SSSR count). The lowest BCUT2D eigenvalue weighted by atomic mass is 10.1. The number of carbonyl (C=O) groups excluding carboxylic acids is 2. The molecule has 3 heterocycles. The van der Waals surface area contributed by atoms with Gasteiger partial charge in [0.1, 0.15) is 17.2 Å². The van der Waals surface area contributed by atoms with Gasteiger partial charge in [0.05, 0.1) is 19.8 Å². The van der Waals surface area contributed by atoms with Crippen molar-refractivity contribution in [3.63, 3.8) is 0 Å². The molecular formula is C22H23F2N3O5. The van der Waals surface area contributed by atoms with E-state index in [1.807, 2.05) is 6.92 Å². The average molecular weight is 447 g/mol. The van der Waals surface area contributed by atoms with Crippen LogP contribution in [0.1, 0.15) is 46.7 Å². The summed E-state index contributed by atoms with van der Waals surface area (Å²) in [6.07, 6.45) is 1.46. The topological polar surface area (TPSA) is 89.9 Å². The molecule has 8 nitrogen and oxygen atoms in total. The minimum absolute atomic E-state index is 0.0619. The molecule has 1 aromatic carbocycles. The Labute approximate surface area is 182 Å². The Bertz CT molecular complexity index is 1130. The molecular weight excluding hydrogens is 424 g/mol. The highest BCUT2D eigenvalue weighted by Gasteiger charge is 2.41. The summed E-state index contributed by atoms with van der Waals surface area (Å²) in [5.74, 6) is -2.90. The third-order valence-electron chi connectivity index (χ3n) is 5.65. The van der Waals surface area contributed by atoms with Crippen LogP contribution < -0.4 is 15.5 Å². The van der Waals surface area contributed by atoms with Gasteiger partial charge in [-0.2, -0.15) is 0 Å². The van der Waals surface area contributed by atoms with E-state index in [0.29, 0.717) is 19.1 Å². The first-order valence-electron chi connectivity index (χ1n) is 10.4. The highest BCUT2D eigenvalue weighted by atomic mass is 19.1. The van der Waals surface area contributed by atoms with E-state index in [1.54, 1.807) is 11.8 Å². The highest BCUT2D eigenvalue weighted by molar-refractivity contribution is 5.99. The van der Waals surface area contributed by atoms with Crippen LogP contribution in [0.2, 0.25) is 0 Å². The number of nitrogens with zero attached hydrogens (tertiary/aromatic N) is 2. The van der Waals surface area contributed by atoms with Gasteiger partial charge in [0.25, 0.3) is 11.8 Å². The van der Waals surface area contributed by atoms with Gasteiger partial charge in [-0.25, -0.2) is 8.78 Å². The lowest BCUT2D eigenvalue weighted by molar-refractivity contribution is -0.112. The number of fused-ring (bicyclic) bond motifs is 2. The van der Waals surface area contributed by atoms with Gasteiger partial charge in [-0.1, -0.05) is 6.07 Å². The molecule has 0 bridgehead atoms. The number of amides is 2. The minimum Gasteiger partial charge on any atom is -0.488 e. The number of halogens is 2. The van der Waals surface area contributed by atoms with E-state index in [-0.39, 0.29) is 48.3 Å². The molecule has 2 aliphatic heterocycles. The Hall–Kier alpha value is -3.27. The summed E-state index contributed by atoms with van der Waals surface area (Å²) in [4.78, 5) is 40.6. The summed E-state index contributed by atoms with van der Waals surface area (Å²) in [6.45, 7) is 4.20. The predicted octanol–water partition coefficient (Wildman–Crippen LogP) is 2.05. The maximum atomic E-state index is 13.9. The van der Waals surface area contributed by atoms with E-state index in [0.717, 1.165) is 6.07 Å². The average Bonchev–Trinajstić information content (AvgIpc) is 2.75. The van der Waals surface area contributed by atoms with Crippen LogP contribution in [0.5, 0.6) is 5.75 Å². The van der Waals surface area contributed by atoms with E-state index in [4.69, 9.17) is 9.47 Å². The normalized spacial score (nSPS) is 19.9. The van der Waals surface area contributed by atoms with Crippen molar-refractivity contribution in [2.75, 3.05) is 13.2 Å². The molecule has 10 heteroatoms. The second-order valence-corrected chi connectivity index (χ2v) is 7.73. The molecule has 32 heavy (non-hydrogen) atoms. The molecule has 1 aromatic heterocycles. The van der Waals surface area contributed by atoms with Crippen LogP contribution in [0.3, 0.4) is 0 Å². The quantitative estimate of drug-likeness (QED) is 0.758. The molecule has 0 spiro atoms. The van der Waals surface area contributed by atoms with Gasteiger partial charge in [0.15, 0.2) is 17.7 Å². The minimum atomic E-state index is -0.809. The molecule has 1 saturated heterocycles. The van der Waals surface area contributed by atoms with E-state index in [1.165, 1.54) is 16.8 Å². The van der Waals surface area contributed by atoms with Crippen LogP contribution in [0, 0.1) is 11.6 Å². The Kier molecular flexibility index (Phi) is 5.96. The fourth-order valence-corrected chi connectivity index (χ4v) is 4.02. The SMILES string of the molecule is CCOc1c2n(cc(C(=O)NCc3ccc(F)cc3F)c1=O)CC1OCCC(C)N1C2=O. The first-order valence-corrected chi connectivity index (χ1v) is 10.4. The number of pyridine rings is 1. The molecule has 2 aliphatic rings. The Balaban J connectivity index is 1.68. The predicted molar refractivity (Wildman–Crippen MR) is 109 cm³/mol. The van der Waals surface area contributed by atoms with Crippen molar-refractivity contribution in [1.29, 1.82) is 0 Å². The van der Waals surface area contributed by atoms with Crippen molar-refractivity contribution >= 4 is 11.8 Å². The molecule has 2 amide bonds. The van der Waals surface area contributed by atoms with Gasteiger partial charge in [-0.05, 0) is 26.3 Å². The number of hydrogen-bond donors (Lipinski definition) is 1. The maximum Gasteiger partial charge on any atom is 0.276 e. The van der Waals surface area contributed by atoms with Crippen LogP contribution in [-0.2, 0) is 17.8 Å². The number of benzene rings is 1. The lowest BCUT2D eigenvalue weighted by Gasteiger charge is -2.44. The second kappa shape index (κ2) is 8.70. The van der Waals surface area contributed by atoms with Crippen LogP contribution in [0.15, 0.2) is 29.2 Å². The number of aromatic nitrogens is 1. The number of ether oxygens (including phenoxy) is 2. The Morgan fingerprint density at radius 2 is 2.09 bits per heavy atom. The third-order valence-corrected chi connectivity index (χ3v) is 5.65. The van der Waals surface area contributed by atoms with E-state index >= 15 is 0 Å². The molecule has 2 atom stereocenters. The number of nitrogens with one attached hydrogen (secondary N) is 1. The molecule has 1 fully saturated rings. The van der Waals surface area contributed by atoms with Crippen molar-refractivity contribution in [1.82, 2.24) is 14.8 Å². The zero-order valence-corrected chi connectivity index (χ0v) is 17.7. The van der Waals surface area contributed by atoms with Crippen LogP contribution in [0.25, 0.3) is 0 Å². The van der Waals surface area contributed by atoms with Crippen molar-refractivity contribution < 1.29 is 27.8 Å². The molecule has 0 saturated carbocycles. The zero-order chi connectivity index (χ0) is 23.0. The molecule has 0 aliphatic carbocycles. The van der Waals surface area contributed by atoms with E-state index in [9.17, 15) is 23.2 Å². The van der Waals surface area contributed by atoms with E-state index < -0.39 is 35.1 Å². The maximum absolute atomic E-state index is 13.9. The molecule has 2 aromatic rings. The van der Waals surface area contributed by atoms with Gasteiger partial charge in [0.2, 0.25) is 5.43 Å². The van der Waals surface area contributed by atoms with Crippen molar-refractivity contribution in [3.8, 4) is 5.75 Å². The first kappa shape index (κ1) is 21.9. The van der Waals surface area contributed by atoms with Crippen molar-refractivity contribution in [2.45, 2.75) is 45.6 Å². The van der Waals surface area contributed by atoms with Gasteiger partial charge in [0, 0.05) is 30.4 Å². The van der Waals surface area contributed by atoms with E-state index in [2.05, 4.69) is 5.32 Å². The fraction of sp³-hybridized carbons (Fsp3) is 0.409. The lowest BCUT2D eigenvalue weighted by Crippen LogP contribution is -2.57. The van der Waals surface area contributed by atoms with Gasteiger partial charge in [-0.3, -0.25) is 14.4 Å². The molecule has 2 unspecified atom stereocenters. The van der Waals surface area contributed by atoms with Crippen LogP contribution >= 0.6 is 0 Å². The van der Waals surface area contributed by atoms with Crippen molar-refractivity contribution in [2.24, 2.45) is 0 Å². The number of hydrogen-bond acceptors (Lipinski definition) is 5. The van der Waals surface area contributed by atoms with Crippen molar-refractivity contribution in [3.05, 3.63) is 63.1 Å². The second-order valence-electron chi connectivity index (χ2n) is 7.73. The van der Waals surface area contributed by atoms with Crippen LogP contribution in [-0.4, -0.2) is 46.8 Å². The Morgan fingerprint density at radius 1 is 1.31 bits per heavy atom. The zero-order valence-electron chi connectivity index (χ0n) is 17.7. The molecule has 1 N–H and O–H groups in total. The molecule has 0 radical (unpaired) electrons. The van der Waals surface area contributed by atoms with Gasteiger partial charge in [-0.15, -0.1) is 0 Å². The standard InChI is InChI=1S/C22H23F2N3O5/c1-3-31-20-18-22(30)27-12(2)6-7-32-17(27)11-26(18)10-15(19(20)28)21(29)25-9-13-4-5-14(23)8-16(13)24/h4-5,8,10,12,17H,3,6-7,9,11H2,1-2H3,(H,25,29). The summed E-state index contributed by atoms with van der Waals surface area (Å²) >= 11 is 0. The molecule has 170 valence electrons.